The number of pyridine rings is 2. The molecular weight excluding hydrogens is 312 g/mol. The Morgan fingerprint density at radius 3 is 2.83 bits per heavy atom. The maximum atomic E-state index is 11.9. The van der Waals surface area contributed by atoms with E-state index in [1.807, 2.05) is 37.3 Å². The second kappa shape index (κ2) is 6.25. The van der Waals surface area contributed by atoms with Crippen LogP contribution in [0.4, 0.5) is 11.6 Å². The van der Waals surface area contributed by atoms with Crippen LogP contribution in [0, 0.1) is 6.92 Å². The van der Waals surface area contributed by atoms with Gasteiger partial charge in [0.05, 0.1) is 18.0 Å². The van der Waals surface area contributed by atoms with Gasteiger partial charge in [0, 0.05) is 12.7 Å². The number of nitrogens with zero attached hydrogens (tertiary/aromatic N) is 3. The fraction of sp³-hybridized carbons (Fsp3) is 0.375. The predicted molar refractivity (Wildman–Crippen MR) is 90.0 cm³/mol. The van der Waals surface area contributed by atoms with Crippen molar-refractivity contribution in [3.63, 3.8) is 0 Å². The van der Waals surface area contributed by atoms with Gasteiger partial charge in [-0.1, -0.05) is 12.1 Å². The van der Waals surface area contributed by atoms with Crippen molar-refractivity contribution in [3.05, 3.63) is 47.8 Å². The van der Waals surface area contributed by atoms with Crippen LogP contribution < -0.4 is 5.32 Å². The van der Waals surface area contributed by atoms with Gasteiger partial charge in [-0.3, -0.25) is 0 Å². The van der Waals surface area contributed by atoms with Crippen molar-refractivity contribution in [3.8, 4) is 0 Å². The lowest BCUT2D eigenvalue weighted by Gasteiger charge is -2.22. The standard InChI is InChI=1S/C16H20N4O2S/c1-12-6-4-10-17-16(12)19-15-9-3-7-13(18-15)14-8-5-11-20(14)23(2,21)22/h3-4,6-7,9-10,14H,5,8,11H2,1-2H3,(H,17,18,19). The van der Waals surface area contributed by atoms with Crippen LogP contribution in [0.5, 0.6) is 0 Å². The van der Waals surface area contributed by atoms with E-state index in [0.29, 0.717) is 12.4 Å². The Hall–Kier alpha value is -1.99. The van der Waals surface area contributed by atoms with Gasteiger partial charge in [-0.25, -0.2) is 18.4 Å². The first kappa shape index (κ1) is 15.9. The van der Waals surface area contributed by atoms with Crippen molar-refractivity contribution in [2.24, 2.45) is 0 Å². The average Bonchev–Trinajstić information content (AvgIpc) is 3.00. The van der Waals surface area contributed by atoms with Crippen LogP contribution in [0.3, 0.4) is 0 Å². The molecule has 0 bridgehead atoms. The molecule has 0 saturated carbocycles. The smallest absolute Gasteiger partial charge is 0.211 e. The molecule has 0 amide bonds. The molecule has 3 rings (SSSR count). The first-order chi connectivity index (χ1) is 10.9. The number of aryl methyl sites for hydroxylation is 1. The zero-order valence-corrected chi connectivity index (χ0v) is 14.0. The number of nitrogens with one attached hydrogen (secondary N) is 1. The van der Waals surface area contributed by atoms with Crippen LogP contribution in [-0.4, -0.2) is 35.5 Å². The highest BCUT2D eigenvalue weighted by molar-refractivity contribution is 7.88. The Balaban J connectivity index is 1.87. The van der Waals surface area contributed by atoms with E-state index in [-0.39, 0.29) is 6.04 Å². The summed E-state index contributed by atoms with van der Waals surface area (Å²) in [6.07, 6.45) is 4.63. The fourth-order valence-corrected chi connectivity index (χ4v) is 4.01. The maximum Gasteiger partial charge on any atom is 0.211 e. The molecule has 6 nitrogen and oxygen atoms in total. The molecule has 1 saturated heterocycles. The second-order valence-electron chi connectivity index (χ2n) is 5.77. The van der Waals surface area contributed by atoms with Crippen molar-refractivity contribution in [2.75, 3.05) is 18.1 Å². The molecule has 3 heterocycles. The van der Waals surface area contributed by atoms with E-state index >= 15 is 0 Å². The number of aromatic nitrogens is 2. The molecule has 0 aromatic carbocycles. The molecule has 0 spiro atoms. The number of anilines is 2. The summed E-state index contributed by atoms with van der Waals surface area (Å²) in [5, 5.41) is 3.20. The van der Waals surface area contributed by atoms with Crippen molar-refractivity contribution < 1.29 is 8.42 Å². The highest BCUT2D eigenvalue weighted by Gasteiger charge is 2.33. The number of hydrogen-bond acceptors (Lipinski definition) is 5. The lowest BCUT2D eigenvalue weighted by Crippen LogP contribution is -2.29. The Morgan fingerprint density at radius 2 is 2.09 bits per heavy atom. The third-order valence-corrected chi connectivity index (χ3v) is 5.29. The summed E-state index contributed by atoms with van der Waals surface area (Å²) >= 11 is 0. The first-order valence-electron chi connectivity index (χ1n) is 7.57. The van der Waals surface area contributed by atoms with Gasteiger partial charge in [-0.2, -0.15) is 4.31 Å². The third-order valence-electron chi connectivity index (χ3n) is 4.00. The van der Waals surface area contributed by atoms with Gasteiger partial charge in [0.1, 0.15) is 11.6 Å². The van der Waals surface area contributed by atoms with E-state index in [2.05, 4.69) is 15.3 Å². The SMILES string of the molecule is Cc1cccnc1Nc1cccc(C2CCCN2S(C)(=O)=O)n1. The first-order valence-corrected chi connectivity index (χ1v) is 9.42. The van der Waals surface area contributed by atoms with Gasteiger partial charge < -0.3 is 5.32 Å². The zero-order valence-electron chi connectivity index (χ0n) is 13.2. The zero-order chi connectivity index (χ0) is 16.4. The minimum absolute atomic E-state index is 0.184. The van der Waals surface area contributed by atoms with Crippen molar-refractivity contribution in [1.82, 2.24) is 14.3 Å². The molecule has 1 N–H and O–H groups in total. The van der Waals surface area contributed by atoms with Crippen LogP contribution in [-0.2, 0) is 10.0 Å². The topological polar surface area (TPSA) is 75.2 Å². The van der Waals surface area contributed by atoms with Gasteiger partial charge >= 0.3 is 0 Å². The molecule has 1 unspecified atom stereocenters. The summed E-state index contributed by atoms with van der Waals surface area (Å²) in [6.45, 7) is 2.53. The Bertz CT molecular complexity index is 807. The summed E-state index contributed by atoms with van der Waals surface area (Å²) < 4.78 is 25.4. The highest BCUT2D eigenvalue weighted by Crippen LogP contribution is 2.33. The van der Waals surface area contributed by atoms with E-state index in [1.165, 1.54) is 10.6 Å². The summed E-state index contributed by atoms with van der Waals surface area (Å²) in [6, 6.07) is 9.30. The van der Waals surface area contributed by atoms with Crippen LogP contribution in [0.25, 0.3) is 0 Å². The molecule has 1 aliphatic rings. The van der Waals surface area contributed by atoms with Crippen molar-refractivity contribution >= 4 is 21.7 Å². The number of sulfonamides is 1. The summed E-state index contributed by atoms with van der Waals surface area (Å²) in [7, 11) is -3.22. The molecule has 0 aliphatic carbocycles. The van der Waals surface area contributed by atoms with Crippen LogP contribution in [0.15, 0.2) is 36.5 Å². The molecule has 0 radical (unpaired) electrons. The van der Waals surface area contributed by atoms with Gasteiger partial charge in [0.2, 0.25) is 10.0 Å². The number of hydrogen-bond donors (Lipinski definition) is 1. The van der Waals surface area contributed by atoms with Gasteiger partial charge in [-0.15, -0.1) is 0 Å². The summed E-state index contributed by atoms with van der Waals surface area (Å²) in [5.41, 5.74) is 1.80. The summed E-state index contributed by atoms with van der Waals surface area (Å²) in [5.74, 6) is 1.42. The summed E-state index contributed by atoms with van der Waals surface area (Å²) in [4.78, 5) is 8.90. The van der Waals surface area contributed by atoms with Crippen molar-refractivity contribution in [2.45, 2.75) is 25.8 Å². The minimum atomic E-state index is -3.22. The Morgan fingerprint density at radius 1 is 1.26 bits per heavy atom. The van der Waals surface area contributed by atoms with Crippen molar-refractivity contribution in [1.29, 1.82) is 0 Å². The molecule has 122 valence electrons. The Kier molecular flexibility index (Phi) is 4.32. The van der Waals surface area contributed by atoms with E-state index in [4.69, 9.17) is 0 Å². The van der Waals surface area contributed by atoms with E-state index in [9.17, 15) is 8.42 Å². The molecule has 1 aliphatic heterocycles. The van der Waals surface area contributed by atoms with Crippen LogP contribution >= 0.6 is 0 Å². The maximum absolute atomic E-state index is 11.9. The molecule has 2 aromatic rings. The van der Waals surface area contributed by atoms with E-state index < -0.39 is 10.0 Å². The predicted octanol–water partition coefficient (Wildman–Crippen LogP) is 2.63. The fourth-order valence-electron chi connectivity index (χ4n) is 2.88. The lowest BCUT2D eigenvalue weighted by atomic mass is 10.1. The van der Waals surface area contributed by atoms with Gasteiger partial charge in [0.15, 0.2) is 0 Å². The largest absolute Gasteiger partial charge is 0.325 e. The molecule has 23 heavy (non-hydrogen) atoms. The average molecular weight is 332 g/mol. The van der Waals surface area contributed by atoms with Gasteiger partial charge in [0.25, 0.3) is 0 Å². The Labute approximate surface area is 136 Å². The molecule has 1 atom stereocenters. The second-order valence-corrected chi connectivity index (χ2v) is 7.71. The monoisotopic (exact) mass is 332 g/mol. The van der Waals surface area contributed by atoms with E-state index in [1.54, 1.807) is 6.20 Å². The third kappa shape index (κ3) is 3.51. The van der Waals surface area contributed by atoms with Crippen LogP contribution in [0.2, 0.25) is 0 Å². The molecule has 1 fully saturated rings. The lowest BCUT2D eigenvalue weighted by molar-refractivity contribution is 0.394. The molecule has 2 aromatic heterocycles. The normalized spacial score (nSPS) is 19.0. The van der Waals surface area contributed by atoms with Crippen LogP contribution in [0.1, 0.15) is 30.1 Å². The highest BCUT2D eigenvalue weighted by atomic mass is 32.2. The molecular formula is C16H20N4O2S. The minimum Gasteiger partial charge on any atom is -0.325 e. The van der Waals surface area contributed by atoms with E-state index in [0.717, 1.165) is 29.9 Å². The molecule has 7 heteroatoms. The van der Waals surface area contributed by atoms with Gasteiger partial charge in [-0.05, 0) is 43.5 Å². The number of rotatable bonds is 4. The quantitative estimate of drug-likeness (QED) is 0.931.